The first-order valence-electron chi connectivity index (χ1n) is 4.69. The summed E-state index contributed by atoms with van der Waals surface area (Å²) in [6, 6.07) is 0.805. The highest BCUT2D eigenvalue weighted by Crippen LogP contribution is 2.29. The molecule has 0 unspecified atom stereocenters. The third kappa shape index (κ3) is 3.10. The molecule has 90 valence electrons. The van der Waals surface area contributed by atoms with Gasteiger partial charge >= 0.3 is 6.18 Å². The Morgan fingerprint density at radius 1 is 1.44 bits per heavy atom. The third-order valence-electron chi connectivity index (χ3n) is 1.93. The van der Waals surface area contributed by atoms with Gasteiger partial charge in [0.15, 0.2) is 0 Å². The number of nitrogens with zero attached hydrogens (tertiary/aromatic N) is 1. The summed E-state index contributed by atoms with van der Waals surface area (Å²) < 4.78 is 38.5. The van der Waals surface area contributed by atoms with E-state index in [4.69, 9.17) is 0 Å². The van der Waals surface area contributed by atoms with Crippen molar-refractivity contribution in [2.45, 2.75) is 26.6 Å². The van der Waals surface area contributed by atoms with Crippen molar-refractivity contribution in [1.29, 1.82) is 0 Å². The molecule has 0 saturated heterocycles. The summed E-state index contributed by atoms with van der Waals surface area (Å²) in [4.78, 5) is 11.5. The molecule has 0 fully saturated rings. The highest BCUT2D eigenvalue weighted by atomic mass is 79.9. The van der Waals surface area contributed by atoms with Crippen LogP contribution >= 0.6 is 15.9 Å². The fourth-order valence-electron chi connectivity index (χ4n) is 1.28. The number of pyridine rings is 1. The second-order valence-corrected chi connectivity index (χ2v) is 4.78. The van der Waals surface area contributed by atoms with Crippen LogP contribution in [0, 0.1) is 5.92 Å². The molecule has 1 aromatic heterocycles. The van der Waals surface area contributed by atoms with Gasteiger partial charge in [-0.25, -0.2) is 0 Å². The number of alkyl halides is 3. The van der Waals surface area contributed by atoms with Crippen molar-refractivity contribution in [1.82, 2.24) is 4.57 Å². The van der Waals surface area contributed by atoms with Crippen molar-refractivity contribution in [2.75, 3.05) is 0 Å². The third-order valence-corrected chi connectivity index (χ3v) is 2.50. The van der Waals surface area contributed by atoms with E-state index in [0.29, 0.717) is 0 Å². The number of aromatic nitrogens is 1. The number of hydrogen-bond acceptors (Lipinski definition) is 1. The fourth-order valence-corrected chi connectivity index (χ4v) is 1.76. The van der Waals surface area contributed by atoms with E-state index in [1.807, 2.05) is 13.8 Å². The summed E-state index contributed by atoms with van der Waals surface area (Å²) in [6.07, 6.45) is -3.58. The Morgan fingerprint density at radius 2 is 2.00 bits per heavy atom. The van der Waals surface area contributed by atoms with Crippen molar-refractivity contribution in [3.05, 3.63) is 32.7 Å². The maximum Gasteiger partial charge on any atom is 0.417 e. The minimum absolute atomic E-state index is 0.0667. The molecule has 1 heterocycles. The van der Waals surface area contributed by atoms with E-state index in [2.05, 4.69) is 15.9 Å². The van der Waals surface area contributed by atoms with Crippen LogP contribution in [0.1, 0.15) is 19.4 Å². The van der Waals surface area contributed by atoms with Gasteiger partial charge in [0, 0.05) is 12.7 Å². The smallest absolute Gasteiger partial charge is 0.314 e. The van der Waals surface area contributed by atoms with Crippen LogP contribution in [0.15, 0.2) is 21.5 Å². The topological polar surface area (TPSA) is 22.0 Å². The van der Waals surface area contributed by atoms with Crippen LogP contribution in [-0.4, -0.2) is 4.57 Å². The monoisotopic (exact) mass is 297 g/mol. The van der Waals surface area contributed by atoms with Gasteiger partial charge in [-0.1, -0.05) is 13.8 Å². The Morgan fingerprint density at radius 3 is 2.44 bits per heavy atom. The van der Waals surface area contributed by atoms with Crippen molar-refractivity contribution >= 4 is 15.9 Å². The van der Waals surface area contributed by atoms with E-state index in [0.717, 1.165) is 16.8 Å². The lowest BCUT2D eigenvalue weighted by Gasteiger charge is -2.13. The van der Waals surface area contributed by atoms with Crippen molar-refractivity contribution in [2.24, 2.45) is 5.92 Å². The number of hydrogen-bond donors (Lipinski definition) is 0. The van der Waals surface area contributed by atoms with Crippen molar-refractivity contribution in [3.63, 3.8) is 0 Å². The van der Waals surface area contributed by atoms with E-state index in [1.165, 1.54) is 0 Å². The number of rotatable bonds is 2. The Bertz CT molecular complexity index is 437. The summed E-state index contributed by atoms with van der Waals surface area (Å²) in [7, 11) is 0. The lowest BCUT2D eigenvalue weighted by atomic mass is 10.2. The Balaban J connectivity index is 3.28. The second kappa shape index (κ2) is 4.61. The van der Waals surface area contributed by atoms with Gasteiger partial charge in [0.25, 0.3) is 5.56 Å². The molecule has 1 aromatic rings. The predicted octanol–water partition coefficient (Wildman–Crippen LogP) is 3.29. The molecule has 0 aliphatic rings. The maximum absolute atomic E-state index is 12.5. The molecule has 0 aliphatic carbocycles. The molecule has 0 amide bonds. The zero-order valence-corrected chi connectivity index (χ0v) is 10.4. The first kappa shape index (κ1) is 13.3. The molecule has 0 bridgehead atoms. The summed E-state index contributed by atoms with van der Waals surface area (Å²) in [5.41, 5.74) is -1.26. The van der Waals surface area contributed by atoms with Crippen LogP contribution in [0.2, 0.25) is 0 Å². The molecule has 2 nitrogen and oxygen atoms in total. The fraction of sp³-hybridized carbons (Fsp3) is 0.500. The van der Waals surface area contributed by atoms with E-state index < -0.39 is 17.3 Å². The minimum atomic E-state index is -4.44. The largest absolute Gasteiger partial charge is 0.417 e. The van der Waals surface area contributed by atoms with Crippen molar-refractivity contribution < 1.29 is 13.2 Å². The van der Waals surface area contributed by atoms with Gasteiger partial charge in [-0.05, 0) is 27.9 Å². The Labute approximate surface area is 99.2 Å². The van der Waals surface area contributed by atoms with Crippen LogP contribution in [0.5, 0.6) is 0 Å². The second-order valence-electron chi connectivity index (χ2n) is 3.93. The molecule has 0 spiro atoms. The molecule has 0 atom stereocenters. The SMILES string of the molecule is CC(C)Cn1cc(C(F)(F)F)cc(Br)c1=O. The minimum Gasteiger partial charge on any atom is -0.314 e. The molecular formula is C10H11BrF3NO. The van der Waals surface area contributed by atoms with Gasteiger partial charge in [0.1, 0.15) is 0 Å². The quantitative estimate of drug-likeness (QED) is 0.821. The highest BCUT2D eigenvalue weighted by Gasteiger charge is 2.31. The summed E-state index contributed by atoms with van der Waals surface area (Å²) in [5.74, 6) is 0.105. The van der Waals surface area contributed by atoms with Gasteiger partial charge in [-0.3, -0.25) is 4.79 Å². The van der Waals surface area contributed by atoms with Gasteiger partial charge in [-0.15, -0.1) is 0 Å². The molecule has 16 heavy (non-hydrogen) atoms. The zero-order chi connectivity index (χ0) is 12.5. The summed E-state index contributed by atoms with van der Waals surface area (Å²) in [5, 5.41) is 0. The lowest BCUT2D eigenvalue weighted by Crippen LogP contribution is -2.24. The molecule has 0 N–H and O–H groups in total. The van der Waals surface area contributed by atoms with E-state index in [1.54, 1.807) is 0 Å². The molecule has 1 rings (SSSR count). The Hall–Kier alpha value is -0.780. The number of halogens is 4. The highest BCUT2D eigenvalue weighted by molar-refractivity contribution is 9.10. The van der Waals surface area contributed by atoms with Gasteiger partial charge in [0.2, 0.25) is 0 Å². The van der Waals surface area contributed by atoms with E-state index in [-0.39, 0.29) is 16.9 Å². The van der Waals surface area contributed by atoms with Crippen LogP contribution < -0.4 is 5.56 Å². The van der Waals surface area contributed by atoms with Gasteiger partial charge in [-0.2, -0.15) is 13.2 Å². The van der Waals surface area contributed by atoms with Crippen LogP contribution in [-0.2, 0) is 12.7 Å². The van der Waals surface area contributed by atoms with Crippen molar-refractivity contribution in [3.8, 4) is 0 Å². The van der Waals surface area contributed by atoms with Gasteiger partial charge < -0.3 is 4.57 Å². The van der Waals surface area contributed by atoms with Crippen LogP contribution in [0.25, 0.3) is 0 Å². The first-order valence-corrected chi connectivity index (χ1v) is 5.48. The summed E-state index contributed by atoms with van der Waals surface area (Å²) in [6.45, 7) is 3.93. The first-order chi connectivity index (χ1) is 7.21. The molecule has 0 saturated carbocycles. The normalized spacial score (nSPS) is 12.2. The standard InChI is InChI=1S/C10H11BrF3NO/c1-6(2)4-15-5-7(10(12,13)14)3-8(11)9(15)16/h3,5-6H,4H2,1-2H3. The van der Waals surface area contributed by atoms with Gasteiger partial charge in [0.05, 0.1) is 10.0 Å². The zero-order valence-electron chi connectivity index (χ0n) is 8.81. The molecule has 0 radical (unpaired) electrons. The lowest BCUT2D eigenvalue weighted by molar-refractivity contribution is -0.138. The summed E-state index contributed by atoms with van der Waals surface area (Å²) >= 11 is 2.85. The predicted molar refractivity (Wildman–Crippen MR) is 58.2 cm³/mol. The van der Waals surface area contributed by atoms with E-state index in [9.17, 15) is 18.0 Å². The molecule has 0 aliphatic heterocycles. The average Bonchev–Trinajstić information content (AvgIpc) is 2.10. The molecule has 6 heteroatoms. The molecular weight excluding hydrogens is 287 g/mol. The van der Waals surface area contributed by atoms with E-state index >= 15 is 0 Å². The maximum atomic E-state index is 12.5. The average molecular weight is 298 g/mol. The Kier molecular flexibility index (Phi) is 3.83. The molecule has 0 aromatic carbocycles. The van der Waals surface area contributed by atoms with Crippen LogP contribution in [0.3, 0.4) is 0 Å². The van der Waals surface area contributed by atoms with Crippen LogP contribution in [0.4, 0.5) is 13.2 Å².